The molecule has 25 heavy (non-hydrogen) atoms. The number of aromatic nitrogens is 1. The van der Waals surface area contributed by atoms with Crippen molar-refractivity contribution >= 4 is 10.9 Å². The molecule has 3 rings (SSSR count). The summed E-state index contributed by atoms with van der Waals surface area (Å²) in [4.78, 5) is 12.3. The molecule has 130 valence electrons. The predicted octanol–water partition coefficient (Wildman–Crippen LogP) is 3.99. The van der Waals surface area contributed by atoms with Gasteiger partial charge in [-0.2, -0.15) is 0 Å². The average molecular weight is 342 g/mol. The van der Waals surface area contributed by atoms with Crippen LogP contribution in [0.3, 0.4) is 0 Å². The van der Waals surface area contributed by atoms with Crippen molar-refractivity contribution in [2.45, 2.75) is 33.4 Å². The molecular weight excluding hydrogens is 322 g/mol. The van der Waals surface area contributed by atoms with Crippen LogP contribution in [-0.4, -0.2) is 4.57 Å². The normalized spacial score (nSPS) is 11.2. The molecule has 0 aliphatic heterocycles. The zero-order valence-corrected chi connectivity index (χ0v) is 14.3. The van der Waals surface area contributed by atoms with Gasteiger partial charge in [-0.3, -0.25) is 4.79 Å². The first-order valence-electron chi connectivity index (χ1n) is 8.35. The quantitative estimate of drug-likeness (QED) is 0.779. The summed E-state index contributed by atoms with van der Waals surface area (Å²) in [6.45, 7) is 4.55. The molecule has 0 saturated heterocycles. The summed E-state index contributed by atoms with van der Waals surface area (Å²) in [5.41, 5.74) is 7.22. The lowest BCUT2D eigenvalue weighted by atomic mass is 9.99. The Kier molecular flexibility index (Phi) is 4.68. The van der Waals surface area contributed by atoms with Gasteiger partial charge >= 0.3 is 0 Å². The molecule has 0 aliphatic rings. The summed E-state index contributed by atoms with van der Waals surface area (Å²) in [6, 6.07) is 9.43. The Balaban J connectivity index is 2.44. The van der Waals surface area contributed by atoms with Crippen LogP contribution in [0.25, 0.3) is 22.0 Å². The molecule has 0 spiro atoms. The number of fused-ring (bicyclic) bond motifs is 1. The maximum Gasteiger partial charge on any atom is 0.189 e. The van der Waals surface area contributed by atoms with Crippen molar-refractivity contribution in [2.75, 3.05) is 0 Å². The van der Waals surface area contributed by atoms with Crippen molar-refractivity contribution in [3.05, 3.63) is 69.5 Å². The van der Waals surface area contributed by atoms with Gasteiger partial charge in [0.05, 0.1) is 16.5 Å². The van der Waals surface area contributed by atoms with Gasteiger partial charge in [0.15, 0.2) is 11.2 Å². The predicted molar refractivity (Wildman–Crippen MR) is 96.5 cm³/mol. The zero-order valence-electron chi connectivity index (χ0n) is 14.3. The maximum atomic E-state index is 15.4. The van der Waals surface area contributed by atoms with E-state index in [0.29, 0.717) is 18.5 Å². The zero-order chi connectivity index (χ0) is 18.1. The second-order valence-corrected chi connectivity index (χ2v) is 5.95. The number of rotatable bonds is 4. The second-order valence-electron chi connectivity index (χ2n) is 5.95. The molecular formula is C20H20F2N2O. The van der Waals surface area contributed by atoms with Crippen LogP contribution in [0.4, 0.5) is 8.78 Å². The van der Waals surface area contributed by atoms with E-state index in [2.05, 4.69) is 0 Å². The summed E-state index contributed by atoms with van der Waals surface area (Å²) < 4.78 is 31.8. The van der Waals surface area contributed by atoms with Crippen molar-refractivity contribution in [3.63, 3.8) is 0 Å². The maximum absolute atomic E-state index is 15.4. The Bertz CT molecular complexity index is 1010. The fourth-order valence-electron chi connectivity index (χ4n) is 3.28. The lowest BCUT2D eigenvalue weighted by molar-refractivity contribution is 0.588. The minimum atomic E-state index is -0.747. The van der Waals surface area contributed by atoms with E-state index in [4.69, 9.17) is 5.73 Å². The van der Waals surface area contributed by atoms with Gasteiger partial charge in [0.2, 0.25) is 0 Å². The standard InChI is InChI=1S/C20H20F2N2O/c1-3-14-9-17(25)15-10-16(21)18(19(22)20(15)24(14)4-2)13-7-5-6-12(8-13)11-23/h5-10H,3-4,11,23H2,1-2H3. The van der Waals surface area contributed by atoms with Crippen molar-refractivity contribution in [1.29, 1.82) is 0 Å². The SMILES string of the molecule is CCc1cc(=O)c2cc(F)c(-c3cccc(CN)c3)c(F)c2n1CC. The summed E-state index contributed by atoms with van der Waals surface area (Å²) in [5, 5.41) is 0.0628. The lowest BCUT2D eigenvalue weighted by Gasteiger charge is -2.17. The van der Waals surface area contributed by atoms with E-state index in [1.54, 1.807) is 28.8 Å². The molecule has 5 heteroatoms. The van der Waals surface area contributed by atoms with E-state index < -0.39 is 11.6 Å². The summed E-state index contributed by atoms with van der Waals surface area (Å²) >= 11 is 0. The van der Waals surface area contributed by atoms with Crippen LogP contribution in [0.5, 0.6) is 0 Å². The Morgan fingerprint density at radius 2 is 1.88 bits per heavy atom. The molecule has 0 saturated carbocycles. The lowest BCUT2D eigenvalue weighted by Crippen LogP contribution is -2.15. The average Bonchev–Trinajstić information content (AvgIpc) is 2.62. The number of hydrogen-bond acceptors (Lipinski definition) is 2. The van der Waals surface area contributed by atoms with E-state index in [1.165, 1.54) is 6.07 Å². The van der Waals surface area contributed by atoms with Crippen LogP contribution >= 0.6 is 0 Å². The number of aryl methyl sites for hydroxylation is 2. The number of halogens is 2. The number of nitrogens with zero attached hydrogens (tertiary/aromatic N) is 1. The Morgan fingerprint density at radius 3 is 2.52 bits per heavy atom. The highest BCUT2D eigenvalue weighted by Gasteiger charge is 2.20. The van der Waals surface area contributed by atoms with Crippen molar-refractivity contribution < 1.29 is 8.78 Å². The number of hydrogen-bond donors (Lipinski definition) is 1. The van der Waals surface area contributed by atoms with Gasteiger partial charge in [0.25, 0.3) is 0 Å². The smallest absolute Gasteiger partial charge is 0.189 e. The van der Waals surface area contributed by atoms with Crippen LogP contribution in [0, 0.1) is 11.6 Å². The molecule has 0 fully saturated rings. The molecule has 3 aromatic rings. The van der Waals surface area contributed by atoms with Gasteiger partial charge in [-0.05, 0) is 36.6 Å². The van der Waals surface area contributed by atoms with Crippen LogP contribution in [0.1, 0.15) is 25.1 Å². The summed E-state index contributed by atoms with van der Waals surface area (Å²) in [6.07, 6.45) is 0.591. The molecule has 0 atom stereocenters. The summed E-state index contributed by atoms with van der Waals surface area (Å²) in [5.74, 6) is -1.46. The van der Waals surface area contributed by atoms with E-state index in [9.17, 15) is 9.18 Å². The Morgan fingerprint density at radius 1 is 1.12 bits per heavy atom. The third-order valence-electron chi connectivity index (χ3n) is 4.50. The van der Waals surface area contributed by atoms with E-state index in [0.717, 1.165) is 17.3 Å². The van der Waals surface area contributed by atoms with E-state index in [1.807, 2.05) is 13.8 Å². The topological polar surface area (TPSA) is 48.0 Å². The molecule has 0 bridgehead atoms. The third-order valence-corrected chi connectivity index (χ3v) is 4.50. The van der Waals surface area contributed by atoms with Gasteiger partial charge in [-0.25, -0.2) is 8.78 Å². The minimum absolute atomic E-state index is 0.0628. The van der Waals surface area contributed by atoms with Gasteiger partial charge in [-0.1, -0.05) is 25.1 Å². The summed E-state index contributed by atoms with van der Waals surface area (Å²) in [7, 11) is 0. The fourth-order valence-corrected chi connectivity index (χ4v) is 3.28. The fraction of sp³-hybridized carbons (Fsp3) is 0.250. The molecule has 3 nitrogen and oxygen atoms in total. The van der Waals surface area contributed by atoms with Crippen molar-refractivity contribution in [3.8, 4) is 11.1 Å². The first kappa shape index (κ1) is 17.3. The van der Waals surface area contributed by atoms with Crippen LogP contribution in [0.15, 0.2) is 41.2 Å². The second kappa shape index (κ2) is 6.76. The number of pyridine rings is 1. The minimum Gasteiger partial charge on any atom is -0.342 e. The molecule has 0 amide bonds. The van der Waals surface area contributed by atoms with E-state index in [-0.39, 0.29) is 28.4 Å². The first-order chi connectivity index (χ1) is 12.0. The molecule has 0 aliphatic carbocycles. The molecule has 2 N–H and O–H groups in total. The van der Waals surface area contributed by atoms with E-state index >= 15 is 4.39 Å². The van der Waals surface area contributed by atoms with Crippen molar-refractivity contribution in [1.82, 2.24) is 4.57 Å². The Labute approximate surface area is 144 Å². The highest BCUT2D eigenvalue weighted by atomic mass is 19.1. The number of benzene rings is 2. The third kappa shape index (κ3) is 2.85. The molecule has 2 aromatic carbocycles. The number of nitrogens with two attached hydrogens (primary N) is 1. The monoisotopic (exact) mass is 342 g/mol. The highest BCUT2D eigenvalue weighted by Crippen LogP contribution is 2.32. The molecule has 0 radical (unpaired) electrons. The highest BCUT2D eigenvalue weighted by molar-refractivity contribution is 5.86. The van der Waals surface area contributed by atoms with Crippen LogP contribution in [0.2, 0.25) is 0 Å². The largest absolute Gasteiger partial charge is 0.342 e. The molecule has 0 unspecified atom stereocenters. The van der Waals surface area contributed by atoms with Crippen LogP contribution in [-0.2, 0) is 19.5 Å². The van der Waals surface area contributed by atoms with Crippen LogP contribution < -0.4 is 11.2 Å². The van der Waals surface area contributed by atoms with Crippen molar-refractivity contribution in [2.24, 2.45) is 5.73 Å². The Hall–Kier alpha value is -2.53. The van der Waals surface area contributed by atoms with Gasteiger partial charge in [0, 0.05) is 24.8 Å². The van der Waals surface area contributed by atoms with Gasteiger partial charge in [-0.15, -0.1) is 0 Å². The molecule has 1 aromatic heterocycles. The van der Waals surface area contributed by atoms with Gasteiger partial charge in [0.1, 0.15) is 5.82 Å². The molecule has 1 heterocycles. The first-order valence-corrected chi connectivity index (χ1v) is 8.35. The van der Waals surface area contributed by atoms with Gasteiger partial charge < -0.3 is 10.3 Å².